The lowest BCUT2D eigenvalue weighted by atomic mass is 9.71. The number of amides is 1. The Hall–Kier alpha value is -4.66. The molecule has 1 saturated heterocycles. The summed E-state index contributed by atoms with van der Waals surface area (Å²) < 4.78 is 17.5. The van der Waals surface area contributed by atoms with Gasteiger partial charge in [-0.3, -0.25) is 14.4 Å². The summed E-state index contributed by atoms with van der Waals surface area (Å²) in [5, 5.41) is 50.2. The van der Waals surface area contributed by atoms with Crippen molar-refractivity contribution in [1.29, 1.82) is 0 Å². The molecular weight excluding hydrogens is 634 g/mol. The molecule has 13 nitrogen and oxygen atoms in total. The minimum atomic E-state index is -1.89. The number of hydrazone groups is 1. The Morgan fingerprint density at radius 2 is 1.78 bits per heavy atom. The van der Waals surface area contributed by atoms with Gasteiger partial charge in [-0.25, -0.2) is 5.43 Å². The van der Waals surface area contributed by atoms with E-state index in [0.717, 1.165) is 12.0 Å². The first-order valence-electron chi connectivity index (χ1n) is 16.1. The number of nitrogens with two attached hydrogens (primary N) is 1. The molecule has 1 aliphatic heterocycles. The molecule has 2 aliphatic carbocycles. The molecule has 3 aromatic carbocycles. The third-order valence-corrected chi connectivity index (χ3v) is 9.77. The van der Waals surface area contributed by atoms with Gasteiger partial charge in [0.2, 0.25) is 5.78 Å². The number of phenols is 2. The lowest BCUT2D eigenvalue weighted by Gasteiger charge is -2.42. The molecule has 1 heterocycles. The molecule has 49 heavy (non-hydrogen) atoms. The van der Waals surface area contributed by atoms with Gasteiger partial charge in [0.05, 0.1) is 47.8 Å². The third kappa shape index (κ3) is 5.87. The van der Waals surface area contributed by atoms with E-state index in [1.165, 1.54) is 32.2 Å². The van der Waals surface area contributed by atoms with Crippen LogP contribution in [0.2, 0.25) is 0 Å². The number of carbonyl (C=O) groups is 3. The van der Waals surface area contributed by atoms with E-state index in [1.807, 2.05) is 19.1 Å². The number of nitrogens with zero attached hydrogens (tertiary/aromatic N) is 1. The second kappa shape index (κ2) is 13.0. The zero-order chi connectivity index (χ0) is 35.4. The standard InChI is InChI=1S/C36H39N3O10/c1-5-18-9-11-19(12-10-18)35(45)39-38-17(3)36(46)14-21-27(24(15-36)49-25-13-22(37)30(40)16(2)48-25)34(44)29-28(32(21)42)31(41)20-7-6-8-23(47-4)26(20)33(29)43/h6-12,16,22,24-25,30,40,42,44,46H,5,13-15,37H2,1-4H3,(H,39,45)/b38-17-/t16-,22-,24+,25+,30+,36+/m0/s1. The average molecular weight is 674 g/mol. The van der Waals surface area contributed by atoms with Crippen LogP contribution in [-0.2, 0) is 22.3 Å². The molecule has 3 aromatic rings. The molecule has 3 aliphatic rings. The molecule has 6 atom stereocenters. The van der Waals surface area contributed by atoms with Gasteiger partial charge in [-0.15, -0.1) is 0 Å². The van der Waals surface area contributed by atoms with E-state index in [9.17, 15) is 34.8 Å². The van der Waals surface area contributed by atoms with Crippen molar-refractivity contribution in [3.8, 4) is 17.2 Å². The maximum atomic E-state index is 13.9. The summed E-state index contributed by atoms with van der Waals surface area (Å²) in [6.45, 7) is 5.11. The summed E-state index contributed by atoms with van der Waals surface area (Å²) in [7, 11) is 1.35. The van der Waals surface area contributed by atoms with Gasteiger partial charge in [0.1, 0.15) is 22.8 Å². The van der Waals surface area contributed by atoms with Gasteiger partial charge in [0, 0.05) is 47.6 Å². The molecule has 0 spiro atoms. The number of benzene rings is 3. The third-order valence-electron chi connectivity index (χ3n) is 9.77. The number of rotatable bonds is 7. The summed E-state index contributed by atoms with van der Waals surface area (Å²) in [4.78, 5) is 40.7. The van der Waals surface area contributed by atoms with E-state index in [-0.39, 0.29) is 53.0 Å². The van der Waals surface area contributed by atoms with Crippen LogP contribution in [0.15, 0.2) is 47.6 Å². The highest BCUT2D eigenvalue weighted by Gasteiger charge is 2.49. The Labute approximate surface area is 282 Å². The van der Waals surface area contributed by atoms with Gasteiger partial charge in [-0.05, 0) is 44.0 Å². The van der Waals surface area contributed by atoms with E-state index in [4.69, 9.17) is 19.9 Å². The second-order valence-electron chi connectivity index (χ2n) is 12.8. The second-order valence-corrected chi connectivity index (χ2v) is 12.8. The van der Waals surface area contributed by atoms with E-state index in [0.29, 0.717) is 5.56 Å². The summed E-state index contributed by atoms with van der Waals surface area (Å²) in [6, 6.07) is 10.7. The van der Waals surface area contributed by atoms with Crippen molar-refractivity contribution < 1.29 is 49.0 Å². The minimum Gasteiger partial charge on any atom is -0.507 e. The number of hydrogen-bond acceptors (Lipinski definition) is 12. The highest BCUT2D eigenvalue weighted by molar-refractivity contribution is 6.31. The molecule has 1 amide bonds. The summed E-state index contributed by atoms with van der Waals surface area (Å²) in [5.41, 5.74) is 7.17. The Morgan fingerprint density at radius 1 is 1.08 bits per heavy atom. The van der Waals surface area contributed by atoms with Crippen molar-refractivity contribution in [3.63, 3.8) is 0 Å². The van der Waals surface area contributed by atoms with Crippen molar-refractivity contribution in [2.75, 3.05) is 7.11 Å². The Morgan fingerprint density at radius 3 is 2.43 bits per heavy atom. The first kappa shape index (κ1) is 34.2. The fourth-order valence-corrected chi connectivity index (χ4v) is 6.86. The number of fused-ring (bicyclic) bond motifs is 3. The van der Waals surface area contributed by atoms with Gasteiger partial charge < -0.3 is 40.4 Å². The fraction of sp³-hybridized carbons (Fsp3) is 0.389. The smallest absolute Gasteiger partial charge is 0.271 e. The quantitative estimate of drug-likeness (QED) is 0.0954. The molecule has 7 N–H and O–H groups in total. The summed E-state index contributed by atoms with van der Waals surface area (Å²) in [5.74, 6) is -3.07. The fourth-order valence-electron chi connectivity index (χ4n) is 6.86. The van der Waals surface area contributed by atoms with Gasteiger partial charge in [0.25, 0.3) is 5.91 Å². The average Bonchev–Trinajstić information content (AvgIpc) is 3.09. The number of ketones is 2. The number of methoxy groups -OCH3 is 1. The maximum absolute atomic E-state index is 13.9. The molecule has 0 radical (unpaired) electrons. The molecule has 0 bridgehead atoms. The number of aromatic hydroxyl groups is 2. The lowest BCUT2D eigenvalue weighted by Crippen LogP contribution is -2.52. The van der Waals surface area contributed by atoms with E-state index >= 15 is 0 Å². The Bertz CT molecular complexity index is 1860. The monoisotopic (exact) mass is 673 g/mol. The van der Waals surface area contributed by atoms with Crippen LogP contribution >= 0.6 is 0 Å². The zero-order valence-corrected chi connectivity index (χ0v) is 27.5. The number of aryl methyl sites for hydroxylation is 1. The Balaban J connectivity index is 1.43. The van der Waals surface area contributed by atoms with E-state index in [1.54, 1.807) is 19.1 Å². The van der Waals surface area contributed by atoms with Crippen LogP contribution in [0.1, 0.15) is 98.6 Å². The minimum absolute atomic E-state index is 0.0186. The number of hydrogen-bond donors (Lipinski definition) is 6. The van der Waals surface area contributed by atoms with Crippen LogP contribution in [0.25, 0.3) is 0 Å². The van der Waals surface area contributed by atoms with Gasteiger partial charge in [-0.1, -0.05) is 31.2 Å². The predicted molar refractivity (Wildman–Crippen MR) is 176 cm³/mol. The SMILES string of the molecule is CCc1ccc(C(=O)N/N=C(/C)[C@@]2(O)Cc3c(O)c4c(c(O)c3[C@H](O[C@@H]3C[C@H](N)[C@H](O)[C@H](C)O3)C2)C(=O)c2c(OC)cccc2C4=O)cc1. The molecule has 13 heteroatoms. The van der Waals surface area contributed by atoms with Crippen molar-refractivity contribution in [2.45, 2.75) is 82.7 Å². The molecule has 258 valence electrons. The van der Waals surface area contributed by atoms with E-state index < -0.39 is 76.3 Å². The largest absolute Gasteiger partial charge is 0.507 e. The first-order valence-corrected chi connectivity index (χ1v) is 16.1. The molecule has 1 fully saturated rings. The van der Waals surface area contributed by atoms with Crippen LogP contribution in [0.5, 0.6) is 17.2 Å². The van der Waals surface area contributed by atoms with Crippen LogP contribution in [-0.4, -0.2) is 80.9 Å². The van der Waals surface area contributed by atoms with Crippen LogP contribution < -0.4 is 15.9 Å². The van der Waals surface area contributed by atoms with Crippen molar-refractivity contribution in [1.82, 2.24) is 5.43 Å². The van der Waals surface area contributed by atoms with Crippen molar-refractivity contribution in [3.05, 3.63) is 87.0 Å². The first-order chi connectivity index (χ1) is 23.3. The van der Waals surface area contributed by atoms with Crippen LogP contribution in [0, 0.1) is 0 Å². The lowest BCUT2D eigenvalue weighted by molar-refractivity contribution is -0.245. The molecule has 0 aromatic heterocycles. The number of ether oxygens (including phenoxy) is 3. The summed E-state index contributed by atoms with van der Waals surface area (Å²) >= 11 is 0. The summed E-state index contributed by atoms with van der Waals surface area (Å²) in [6.07, 6.45) is -3.71. The number of carbonyl (C=O) groups excluding carboxylic acids is 3. The van der Waals surface area contributed by atoms with Gasteiger partial charge >= 0.3 is 0 Å². The van der Waals surface area contributed by atoms with Crippen LogP contribution in [0.4, 0.5) is 0 Å². The number of phenolic OH excluding ortho intramolecular Hbond substituents is 2. The van der Waals surface area contributed by atoms with Crippen molar-refractivity contribution in [2.24, 2.45) is 10.8 Å². The predicted octanol–water partition coefficient (Wildman–Crippen LogP) is 2.81. The Kier molecular flexibility index (Phi) is 9.07. The van der Waals surface area contributed by atoms with Crippen LogP contribution in [0.3, 0.4) is 0 Å². The maximum Gasteiger partial charge on any atom is 0.271 e. The van der Waals surface area contributed by atoms with Gasteiger partial charge in [-0.2, -0.15) is 5.10 Å². The molecule has 0 unspecified atom stereocenters. The van der Waals surface area contributed by atoms with Gasteiger partial charge in [0.15, 0.2) is 12.1 Å². The highest BCUT2D eigenvalue weighted by atomic mass is 16.7. The molecule has 0 saturated carbocycles. The molecular formula is C36H39N3O10. The topological polar surface area (TPSA) is 210 Å². The molecule has 6 rings (SSSR count). The number of aliphatic hydroxyl groups is 2. The zero-order valence-electron chi connectivity index (χ0n) is 27.5. The van der Waals surface area contributed by atoms with E-state index in [2.05, 4.69) is 10.5 Å². The number of aliphatic hydroxyl groups excluding tert-OH is 1. The normalized spacial score (nSPS) is 26.4. The van der Waals surface area contributed by atoms with Crippen molar-refractivity contribution >= 4 is 23.2 Å². The highest BCUT2D eigenvalue weighted by Crippen LogP contribution is 2.52. The number of nitrogens with one attached hydrogen (secondary N) is 1.